The second-order valence-corrected chi connectivity index (χ2v) is 7.36. The standard InChI is InChI=1S/C20H27N5O/c1-16-14-25-19(10-11-21-25)15-24(16)20(26)22-17-6-8-18(9-7-17)23-12-4-2-3-5-13-23/h6-11,16H,2-5,12-15H2,1H3,(H,22,26). The van der Waals surface area contributed by atoms with E-state index in [0.29, 0.717) is 6.54 Å². The van der Waals surface area contributed by atoms with Crippen LogP contribution in [0.25, 0.3) is 0 Å². The minimum absolute atomic E-state index is 0.0486. The molecule has 6 nitrogen and oxygen atoms in total. The first-order chi connectivity index (χ1) is 12.7. The first-order valence-corrected chi connectivity index (χ1v) is 9.64. The van der Waals surface area contributed by atoms with Crippen LogP contribution >= 0.6 is 0 Å². The minimum atomic E-state index is -0.0486. The van der Waals surface area contributed by atoms with E-state index in [0.717, 1.165) is 31.0 Å². The molecule has 2 aromatic rings. The molecule has 1 atom stereocenters. The van der Waals surface area contributed by atoms with E-state index in [4.69, 9.17) is 0 Å². The molecular formula is C20H27N5O. The van der Waals surface area contributed by atoms with Gasteiger partial charge in [0.05, 0.1) is 24.8 Å². The Hall–Kier alpha value is -2.50. The summed E-state index contributed by atoms with van der Waals surface area (Å²) in [5.74, 6) is 0. The first kappa shape index (κ1) is 16.9. The van der Waals surface area contributed by atoms with Crippen LogP contribution in [0.5, 0.6) is 0 Å². The van der Waals surface area contributed by atoms with Crippen LogP contribution in [-0.2, 0) is 13.1 Å². The highest BCUT2D eigenvalue weighted by molar-refractivity contribution is 5.89. The number of hydrogen-bond acceptors (Lipinski definition) is 3. The van der Waals surface area contributed by atoms with Gasteiger partial charge in [-0.15, -0.1) is 0 Å². The molecule has 6 heteroatoms. The van der Waals surface area contributed by atoms with Crippen molar-refractivity contribution in [2.45, 2.75) is 51.7 Å². The van der Waals surface area contributed by atoms with Gasteiger partial charge < -0.3 is 15.1 Å². The van der Waals surface area contributed by atoms with Gasteiger partial charge in [0.1, 0.15) is 0 Å². The molecule has 26 heavy (non-hydrogen) atoms. The summed E-state index contributed by atoms with van der Waals surface area (Å²) in [6, 6.07) is 10.3. The van der Waals surface area contributed by atoms with Gasteiger partial charge in [0.15, 0.2) is 0 Å². The maximum absolute atomic E-state index is 12.7. The third-order valence-corrected chi connectivity index (χ3v) is 5.46. The molecule has 1 aromatic carbocycles. The van der Waals surface area contributed by atoms with E-state index < -0.39 is 0 Å². The molecule has 138 valence electrons. The molecule has 0 spiro atoms. The molecule has 0 bridgehead atoms. The zero-order valence-corrected chi connectivity index (χ0v) is 15.4. The van der Waals surface area contributed by atoms with E-state index >= 15 is 0 Å². The van der Waals surface area contributed by atoms with Gasteiger partial charge in [-0.1, -0.05) is 12.8 Å². The van der Waals surface area contributed by atoms with E-state index in [9.17, 15) is 4.79 Å². The molecule has 1 N–H and O–H groups in total. The van der Waals surface area contributed by atoms with Gasteiger partial charge in [-0.2, -0.15) is 5.10 Å². The summed E-state index contributed by atoms with van der Waals surface area (Å²) in [6.45, 7) is 5.66. The van der Waals surface area contributed by atoms with Gasteiger partial charge >= 0.3 is 6.03 Å². The topological polar surface area (TPSA) is 53.4 Å². The minimum Gasteiger partial charge on any atom is -0.372 e. The first-order valence-electron chi connectivity index (χ1n) is 9.64. The fourth-order valence-electron chi connectivity index (χ4n) is 3.89. The highest BCUT2D eigenvalue weighted by Gasteiger charge is 2.27. The van der Waals surface area contributed by atoms with Crippen LogP contribution in [0.2, 0.25) is 0 Å². The summed E-state index contributed by atoms with van der Waals surface area (Å²) < 4.78 is 1.98. The number of aromatic nitrogens is 2. The molecule has 2 aliphatic heterocycles. The SMILES string of the molecule is CC1Cn2nccc2CN1C(=O)Nc1ccc(N2CCCCCC2)cc1. The van der Waals surface area contributed by atoms with Gasteiger partial charge in [0.2, 0.25) is 0 Å². The van der Waals surface area contributed by atoms with Crippen molar-refractivity contribution in [3.63, 3.8) is 0 Å². The number of rotatable bonds is 2. The van der Waals surface area contributed by atoms with Crippen molar-refractivity contribution < 1.29 is 4.79 Å². The molecule has 1 unspecified atom stereocenters. The number of nitrogens with zero attached hydrogens (tertiary/aromatic N) is 4. The van der Waals surface area contributed by atoms with E-state index in [2.05, 4.69) is 34.4 Å². The summed E-state index contributed by atoms with van der Waals surface area (Å²) >= 11 is 0. The van der Waals surface area contributed by atoms with E-state index in [1.807, 2.05) is 27.8 Å². The smallest absolute Gasteiger partial charge is 0.322 e. The normalized spacial score (nSPS) is 20.4. The van der Waals surface area contributed by atoms with Crippen LogP contribution in [0.15, 0.2) is 36.5 Å². The second-order valence-electron chi connectivity index (χ2n) is 7.36. The zero-order chi connectivity index (χ0) is 17.9. The van der Waals surface area contributed by atoms with Crippen molar-refractivity contribution in [2.24, 2.45) is 0 Å². The number of carbonyl (C=O) groups excluding carboxylic acids is 1. The molecule has 0 aliphatic carbocycles. The molecule has 2 amide bonds. The Morgan fingerprint density at radius 2 is 1.81 bits per heavy atom. The number of anilines is 2. The van der Waals surface area contributed by atoms with Crippen molar-refractivity contribution in [3.8, 4) is 0 Å². The van der Waals surface area contributed by atoms with Crippen LogP contribution in [0.3, 0.4) is 0 Å². The molecule has 2 aliphatic rings. The molecule has 1 fully saturated rings. The Balaban J connectivity index is 1.40. The summed E-state index contributed by atoms with van der Waals surface area (Å²) in [5.41, 5.74) is 3.18. The van der Waals surface area contributed by atoms with Crippen LogP contribution in [0.1, 0.15) is 38.3 Å². The van der Waals surface area contributed by atoms with Gasteiger partial charge in [-0.25, -0.2) is 4.79 Å². The Labute approximate surface area is 154 Å². The lowest BCUT2D eigenvalue weighted by Crippen LogP contribution is -2.46. The lowest BCUT2D eigenvalue weighted by molar-refractivity contribution is 0.161. The van der Waals surface area contributed by atoms with Gasteiger partial charge in [0.25, 0.3) is 0 Å². The highest BCUT2D eigenvalue weighted by Crippen LogP contribution is 2.23. The number of amides is 2. The summed E-state index contributed by atoms with van der Waals surface area (Å²) in [4.78, 5) is 17.0. The molecule has 1 saturated heterocycles. The van der Waals surface area contributed by atoms with Crippen LogP contribution in [0.4, 0.5) is 16.2 Å². The molecular weight excluding hydrogens is 326 g/mol. The lowest BCUT2D eigenvalue weighted by atomic mass is 10.2. The molecule has 0 saturated carbocycles. The average Bonchev–Trinajstić information content (AvgIpc) is 2.92. The molecule has 0 radical (unpaired) electrons. The predicted octanol–water partition coefficient (Wildman–Crippen LogP) is 3.70. The molecule has 4 rings (SSSR count). The Bertz CT molecular complexity index is 746. The maximum Gasteiger partial charge on any atom is 0.322 e. The van der Waals surface area contributed by atoms with Gasteiger partial charge in [-0.05, 0) is 50.1 Å². The summed E-state index contributed by atoms with van der Waals surface area (Å²) in [6.07, 6.45) is 6.99. The number of carbonyl (C=O) groups is 1. The third-order valence-electron chi connectivity index (χ3n) is 5.46. The zero-order valence-electron chi connectivity index (χ0n) is 15.4. The predicted molar refractivity (Wildman–Crippen MR) is 103 cm³/mol. The number of fused-ring (bicyclic) bond motifs is 1. The number of hydrogen-bond donors (Lipinski definition) is 1. The van der Waals surface area contributed by atoms with Gasteiger partial charge in [0, 0.05) is 30.7 Å². The van der Waals surface area contributed by atoms with Crippen LogP contribution in [0, 0.1) is 0 Å². The van der Waals surface area contributed by atoms with Gasteiger partial charge in [-0.3, -0.25) is 4.68 Å². The highest BCUT2D eigenvalue weighted by atomic mass is 16.2. The molecule has 3 heterocycles. The van der Waals surface area contributed by atoms with Crippen molar-refractivity contribution in [1.82, 2.24) is 14.7 Å². The largest absolute Gasteiger partial charge is 0.372 e. The Morgan fingerprint density at radius 1 is 1.08 bits per heavy atom. The quantitative estimate of drug-likeness (QED) is 0.896. The van der Waals surface area contributed by atoms with Crippen LogP contribution in [-0.4, -0.2) is 39.8 Å². The third kappa shape index (κ3) is 3.54. The maximum atomic E-state index is 12.7. The van der Waals surface area contributed by atoms with Crippen molar-refractivity contribution in [2.75, 3.05) is 23.3 Å². The van der Waals surface area contributed by atoms with Crippen molar-refractivity contribution in [3.05, 3.63) is 42.2 Å². The summed E-state index contributed by atoms with van der Waals surface area (Å²) in [7, 11) is 0. The Kier molecular flexibility index (Phi) is 4.82. The van der Waals surface area contributed by atoms with Crippen molar-refractivity contribution in [1.29, 1.82) is 0 Å². The Morgan fingerprint density at radius 3 is 2.54 bits per heavy atom. The summed E-state index contributed by atoms with van der Waals surface area (Å²) in [5, 5.41) is 7.35. The number of benzene rings is 1. The monoisotopic (exact) mass is 353 g/mol. The average molecular weight is 353 g/mol. The number of nitrogens with one attached hydrogen (secondary N) is 1. The second kappa shape index (κ2) is 7.40. The van der Waals surface area contributed by atoms with E-state index in [-0.39, 0.29) is 12.1 Å². The fourth-order valence-corrected chi connectivity index (χ4v) is 3.89. The van der Waals surface area contributed by atoms with Crippen molar-refractivity contribution >= 4 is 17.4 Å². The fraction of sp³-hybridized carbons (Fsp3) is 0.500. The van der Waals surface area contributed by atoms with E-state index in [1.165, 1.54) is 31.4 Å². The lowest BCUT2D eigenvalue weighted by Gasteiger charge is -2.34. The van der Waals surface area contributed by atoms with Crippen LogP contribution < -0.4 is 10.2 Å². The van der Waals surface area contributed by atoms with E-state index in [1.54, 1.807) is 6.20 Å². The molecule has 1 aromatic heterocycles. The number of urea groups is 1.